The number of pyridine rings is 1. The number of aromatic nitrogens is 3. The topological polar surface area (TPSA) is 167 Å². The molecular formula is C26H29N7O5. The van der Waals surface area contributed by atoms with Crippen LogP contribution in [0, 0.1) is 11.8 Å². The molecule has 0 aliphatic carbocycles. The third kappa shape index (κ3) is 4.76. The number of hydrogen-bond donors (Lipinski definition) is 3. The molecule has 12 nitrogen and oxygen atoms in total. The number of aryl methyl sites for hydroxylation is 1. The zero-order valence-corrected chi connectivity index (χ0v) is 20.9. The zero-order chi connectivity index (χ0) is 27.0. The van der Waals surface area contributed by atoms with Crippen LogP contribution in [0.1, 0.15) is 36.2 Å². The summed E-state index contributed by atoms with van der Waals surface area (Å²) in [5, 5.41) is 26.5. The molecule has 1 unspecified atom stereocenters. The van der Waals surface area contributed by atoms with E-state index in [-0.39, 0.29) is 24.1 Å². The zero-order valence-electron chi connectivity index (χ0n) is 20.9. The fourth-order valence-electron chi connectivity index (χ4n) is 5.24. The molecule has 2 saturated heterocycles. The van der Waals surface area contributed by atoms with E-state index in [1.54, 1.807) is 27.6 Å². The number of nitrogens with zero attached hydrogens (tertiary/aromatic N) is 6. The number of piperidine rings is 1. The monoisotopic (exact) mass is 519 g/mol. The summed E-state index contributed by atoms with van der Waals surface area (Å²) in [4.78, 5) is 44.7. The van der Waals surface area contributed by atoms with Gasteiger partial charge in [0.25, 0.3) is 0 Å². The molecule has 38 heavy (non-hydrogen) atoms. The number of oxime groups is 1. The van der Waals surface area contributed by atoms with Crippen molar-refractivity contribution in [3.8, 4) is 0 Å². The number of nitrogens with two attached hydrogens (primary N) is 1. The van der Waals surface area contributed by atoms with Gasteiger partial charge in [0.1, 0.15) is 5.69 Å². The number of fused-ring (bicyclic) bond motifs is 1. The molecular weight excluding hydrogens is 490 g/mol. The average Bonchev–Trinajstić information content (AvgIpc) is 3.47. The predicted molar refractivity (Wildman–Crippen MR) is 138 cm³/mol. The number of amides is 2. The van der Waals surface area contributed by atoms with Crippen LogP contribution in [0.4, 0.5) is 5.69 Å². The van der Waals surface area contributed by atoms with Gasteiger partial charge in [0.2, 0.25) is 11.8 Å². The van der Waals surface area contributed by atoms with E-state index >= 15 is 0 Å². The fourth-order valence-corrected chi connectivity index (χ4v) is 5.24. The van der Waals surface area contributed by atoms with Gasteiger partial charge in [-0.1, -0.05) is 17.3 Å². The Kier molecular flexibility index (Phi) is 6.70. The molecule has 2 aliphatic rings. The normalized spacial score (nSPS) is 18.9. The average molecular weight is 520 g/mol. The van der Waals surface area contributed by atoms with E-state index in [1.807, 2.05) is 30.3 Å². The van der Waals surface area contributed by atoms with Gasteiger partial charge in [0.15, 0.2) is 11.5 Å². The summed E-state index contributed by atoms with van der Waals surface area (Å²) >= 11 is 0. The first kappa shape index (κ1) is 25.2. The van der Waals surface area contributed by atoms with Crippen molar-refractivity contribution in [3.05, 3.63) is 53.3 Å². The molecule has 0 bridgehead atoms. The van der Waals surface area contributed by atoms with E-state index in [1.165, 1.54) is 0 Å². The Labute approximate surface area is 218 Å². The number of carboxylic acids is 1. The summed E-state index contributed by atoms with van der Waals surface area (Å²) in [6.45, 7) is 1.14. The lowest BCUT2D eigenvalue weighted by Crippen LogP contribution is -2.43. The van der Waals surface area contributed by atoms with E-state index in [0.717, 1.165) is 22.3 Å². The Bertz CT molecular complexity index is 1420. The molecule has 0 radical (unpaired) electrons. The first-order valence-electron chi connectivity index (χ1n) is 12.5. The minimum Gasteiger partial charge on any atom is -0.481 e. The van der Waals surface area contributed by atoms with Crippen LogP contribution in [-0.4, -0.2) is 73.2 Å². The minimum atomic E-state index is -0.817. The molecule has 1 atom stereocenters. The van der Waals surface area contributed by atoms with Crippen molar-refractivity contribution in [3.63, 3.8) is 0 Å². The summed E-state index contributed by atoms with van der Waals surface area (Å²) in [5.41, 5.74) is 9.18. The molecule has 4 heterocycles. The summed E-state index contributed by atoms with van der Waals surface area (Å²) in [6.07, 6.45) is 1.59. The molecule has 2 aliphatic heterocycles. The van der Waals surface area contributed by atoms with Crippen molar-refractivity contribution in [1.82, 2.24) is 19.7 Å². The van der Waals surface area contributed by atoms with Gasteiger partial charge in [-0.05, 0) is 42.7 Å². The highest BCUT2D eigenvalue weighted by atomic mass is 16.4. The molecule has 12 heteroatoms. The van der Waals surface area contributed by atoms with Crippen LogP contribution >= 0.6 is 0 Å². The van der Waals surface area contributed by atoms with Crippen LogP contribution < -0.4 is 10.6 Å². The lowest BCUT2D eigenvalue weighted by atomic mass is 9.95. The second kappa shape index (κ2) is 10.1. The quantitative estimate of drug-likeness (QED) is 0.190. The molecule has 2 aromatic heterocycles. The van der Waals surface area contributed by atoms with Gasteiger partial charge in [-0.15, -0.1) is 0 Å². The van der Waals surface area contributed by atoms with Gasteiger partial charge < -0.3 is 25.8 Å². The van der Waals surface area contributed by atoms with Gasteiger partial charge in [-0.2, -0.15) is 5.10 Å². The van der Waals surface area contributed by atoms with E-state index in [2.05, 4.69) is 15.2 Å². The van der Waals surface area contributed by atoms with Gasteiger partial charge >= 0.3 is 5.97 Å². The maximum atomic E-state index is 13.0. The van der Waals surface area contributed by atoms with Gasteiger partial charge in [0.05, 0.1) is 17.5 Å². The van der Waals surface area contributed by atoms with Crippen molar-refractivity contribution < 1.29 is 24.7 Å². The number of carbonyl (C=O) groups is 3. The number of hydrogen-bond acceptors (Lipinski definition) is 7. The maximum absolute atomic E-state index is 13.0. The fraction of sp³-hybridized carbons (Fsp3) is 0.385. The van der Waals surface area contributed by atoms with E-state index in [0.29, 0.717) is 50.2 Å². The molecule has 0 spiro atoms. The second-order valence-corrected chi connectivity index (χ2v) is 9.81. The third-order valence-corrected chi connectivity index (χ3v) is 7.38. The lowest BCUT2D eigenvalue weighted by molar-refractivity contribution is -0.146. The van der Waals surface area contributed by atoms with Crippen molar-refractivity contribution in [1.29, 1.82) is 0 Å². The SMILES string of the molecule is Cn1nc(Cc2ccc(N3CC(C(=O)N4CCC(C(=O)O)CC4)CC3=O)cc2)c2ccc(/C(N)=N/O)nc21. The molecule has 1 aromatic carbocycles. The third-order valence-electron chi connectivity index (χ3n) is 7.38. The highest BCUT2D eigenvalue weighted by molar-refractivity contribution is 6.00. The highest BCUT2D eigenvalue weighted by Crippen LogP contribution is 2.29. The summed E-state index contributed by atoms with van der Waals surface area (Å²) in [7, 11) is 1.78. The molecule has 2 amide bonds. The Balaban J connectivity index is 1.25. The van der Waals surface area contributed by atoms with Crippen molar-refractivity contribution in [2.45, 2.75) is 25.7 Å². The molecule has 4 N–H and O–H groups in total. The molecule has 0 saturated carbocycles. The number of anilines is 1. The lowest BCUT2D eigenvalue weighted by Gasteiger charge is -2.31. The maximum Gasteiger partial charge on any atom is 0.306 e. The van der Waals surface area contributed by atoms with Crippen LogP contribution in [0.25, 0.3) is 11.0 Å². The Hall–Kier alpha value is -4.48. The van der Waals surface area contributed by atoms with Gasteiger partial charge in [-0.25, -0.2) is 4.98 Å². The van der Waals surface area contributed by atoms with Crippen LogP contribution in [0.3, 0.4) is 0 Å². The smallest absolute Gasteiger partial charge is 0.306 e. The summed E-state index contributed by atoms with van der Waals surface area (Å²) < 4.78 is 1.65. The van der Waals surface area contributed by atoms with Crippen LogP contribution in [0.5, 0.6) is 0 Å². The second-order valence-electron chi connectivity index (χ2n) is 9.81. The number of amidine groups is 1. The van der Waals surface area contributed by atoms with E-state index in [9.17, 15) is 19.5 Å². The molecule has 5 rings (SSSR count). The number of likely N-dealkylation sites (tertiary alicyclic amines) is 1. The Morgan fingerprint density at radius 3 is 2.47 bits per heavy atom. The highest BCUT2D eigenvalue weighted by Gasteiger charge is 2.38. The van der Waals surface area contributed by atoms with Crippen molar-refractivity contribution in [2.24, 2.45) is 29.8 Å². The molecule has 2 fully saturated rings. The van der Waals surface area contributed by atoms with Crippen LogP contribution in [-0.2, 0) is 27.9 Å². The number of rotatable bonds is 6. The van der Waals surface area contributed by atoms with E-state index in [4.69, 9.17) is 10.9 Å². The summed E-state index contributed by atoms with van der Waals surface area (Å²) in [5.74, 6) is -1.90. The van der Waals surface area contributed by atoms with Gasteiger partial charge in [-0.3, -0.25) is 19.1 Å². The number of carbonyl (C=O) groups excluding carboxylic acids is 2. The van der Waals surface area contributed by atoms with E-state index < -0.39 is 17.8 Å². The Morgan fingerprint density at radius 2 is 1.82 bits per heavy atom. The Morgan fingerprint density at radius 1 is 1.11 bits per heavy atom. The number of carboxylic acid groups (broad SMARTS) is 1. The largest absolute Gasteiger partial charge is 0.481 e. The molecule has 3 aromatic rings. The predicted octanol–water partition coefficient (Wildman–Crippen LogP) is 1.33. The summed E-state index contributed by atoms with van der Waals surface area (Å²) in [6, 6.07) is 11.1. The minimum absolute atomic E-state index is 0.0756. The number of benzene rings is 1. The first-order valence-corrected chi connectivity index (χ1v) is 12.5. The van der Waals surface area contributed by atoms with Crippen LogP contribution in [0.2, 0.25) is 0 Å². The van der Waals surface area contributed by atoms with Crippen molar-refractivity contribution in [2.75, 3.05) is 24.5 Å². The van der Waals surface area contributed by atoms with Gasteiger partial charge in [0, 0.05) is 50.6 Å². The van der Waals surface area contributed by atoms with Crippen LogP contribution in [0.15, 0.2) is 41.6 Å². The standard InChI is InChI=1S/C26H29N7O5/c1-31-24-19(6-7-20(28-24)23(27)30-38)21(29-31)12-15-2-4-18(5-3-15)33-14-17(13-22(33)34)25(35)32-10-8-16(9-11-32)26(36)37/h2-7,16-17,38H,8-14H2,1H3,(H2,27,30)(H,36,37). The first-order chi connectivity index (χ1) is 18.2. The van der Waals surface area contributed by atoms with Crippen molar-refractivity contribution >= 4 is 40.3 Å². The number of aliphatic carboxylic acids is 1. The molecule has 198 valence electrons.